The lowest BCUT2D eigenvalue weighted by molar-refractivity contribution is 0.207. The molecule has 0 aliphatic carbocycles. The van der Waals surface area contributed by atoms with E-state index in [9.17, 15) is 17.6 Å². The van der Waals surface area contributed by atoms with Gasteiger partial charge in [-0.15, -0.1) is 0 Å². The van der Waals surface area contributed by atoms with Crippen molar-refractivity contribution in [2.75, 3.05) is 13.1 Å². The van der Waals surface area contributed by atoms with E-state index in [0.29, 0.717) is 25.6 Å². The third-order valence-electron chi connectivity index (χ3n) is 2.38. The smallest absolute Gasteiger partial charge is 0.203 e. The molecule has 1 fully saturated rings. The van der Waals surface area contributed by atoms with Gasteiger partial charge in [0.1, 0.15) is 6.10 Å². The first kappa shape index (κ1) is 11.2. The zero-order valence-electron chi connectivity index (χ0n) is 8.20. The van der Waals surface area contributed by atoms with Gasteiger partial charge in [0.2, 0.25) is 11.6 Å². The number of rotatable bonds is 2. The SMILES string of the molecule is Fc1cc(OC2CCNC2)c(F)c(F)c1F. The predicted molar refractivity (Wildman–Crippen MR) is 48.2 cm³/mol. The van der Waals surface area contributed by atoms with E-state index in [0.717, 1.165) is 0 Å². The average Bonchev–Trinajstić information content (AvgIpc) is 2.76. The highest BCUT2D eigenvalue weighted by Crippen LogP contribution is 2.26. The predicted octanol–water partition coefficient (Wildman–Crippen LogP) is 1.98. The van der Waals surface area contributed by atoms with Crippen molar-refractivity contribution in [2.24, 2.45) is 0 Å². The number of benzene rings is 1. The second kappa shape index (κ2) is 4.29. The molecule has 88 valence electrons. The Bertz CT molecular complexity index is 404. The molecule has 1 aromatic rings. The molecule has 1 saturated heterocycles. The van der Waals surface area contributed by atoms with Crippen molar-refractivity contribution in [1.29, 1.82) is 0 Å². The molecule has 2 rings (SSSR count). The normalized spacial score (nSPS) is 20.1. The maximum atomic E-state index is 13.2. The summed E-state index contributed by atoms with van der Waals surface area (Å²) in [5, 5.41) is 2.94. The minimum absolute atomic E-state index is 0.348. The van der Waals surface area contributed by atoms with E-state index >= 15 is 0 Å². The molecule has 2 nitrogen and oxygen atoms in total. The third-order valence-corrected chi connectivity index (χ3v) is 2.38. The molecule has 1 aromatic carbocycles. The first-order chi connectivity index (χ1) is 7.59. The maximum Gasteiger partial charge on any atom is 0.203 e. The molecular formula is C10H9F4NO. The Morgan fingerprint density at radius 3 is 2.50 bits per heavy atom. The first-order valence-electron chi connectivity index (χ1n) is 4.80. The zero-order valence-corrected chi connectivity index (χ0v) is 8.20. The fraction of sp³-hybridized carbons (Fsp3) is 0.400. The molecule has 0 aromatic heterocycles. The van der Waals surface area contributed by atoms with Gasteiger partial charge in [0.15, 0.2) is 17.4 Å². The molecule has 0 bridgehead atoms. The molecule has 1 heterocycles. The molecule has 1 unspecified atom stereocenters. The van der Waals surface area contributed by atoms with Gasteiger partial charge >= 0.3 is 0 Å². The van der Waals surface area contributed by atoms with Gasteiger partial charge in [-0.05, 0) is 13.0 Å². The van der Waals surface area contributed by atoms with Crippen LogP contribution in [0.3, 0.4) is 0 Å². The van der Waals surface area contributed by atoms with Crippen LogP contribution in [0.2, 0.25) is 0 Å². The molecular weight excluding hydrogens is 226 g/mol. The lowest BCUT2D eigenvalue weighted by Crippen LogP contribution is -2.20. The summed E-state index contributed by atoms with van der Waals surface area (Å²) in [6, 6.07) is 0.520. The highest BCUT2D eigenvalue weighted by molar-refractivity contribution is 5.27. The fourth-order valence-corrected chi connectivity index (χ4v) is 1.55. The second-order valence-corrected chi connectivity index (χ2v) is 3.53. The lowest BCUT2D eigenvalue weighted by atomic mass is 10.2. The van der Waals surface area contributed by atoms with Gasteiger partial charge in [-0.3, -0.25) is 0 Å². The highest BCUT2D eigenvalue weighted by atomic mass is 19.2. The van der Waals surface area contributed by atoms with Crippen LogP contribution >= 0.6 is 0 Å². The molecule has 1 aliphatic rings. The standard InChI is InChI=1S/C10H9F4NO/c11-6-3-7(9(13)10(14)8(6)12)16-5-1-2-15-4-5/h3,5,15H,1-2,4H2. The van der Waals surface area contributed by atoms with Crippen molar-refractivity contribution in [3.63, 3.8) is 0 Å². The maximum absolute atomic E-state index is 13.2. The Labute approximate surface area is 89.2 Å². The van der Waals surface area contributed by atoms with Crippen LogP contribution < -0.4 is 10.1 Å². The van der Waals surface area contributed by atoms with Crippen molar-refractivity contribution in [2.45, 2.75) is 12.5 Å². The summed E-state index contributed by atoms with van der Waals surface area (Å²) < 4.78 is 56.5. The Balaban J connectivity index is 2.26. The fourth-order valence-electron chi connectivity index (χ4n) is 1.55. The van der Waals surface area contributed by atoms with Crippen LogP contribution in [-0.4, -0.2) is 19.2 Å². The zero-order chi connectivity index (χ0) is 11.7. The van der Waals surface area contributed by atoms with Crippen LogP contribution in [0.1, 0.15) is 6.42 Å². The van der Waals surface area contributed by atoms with Crippen LogP contribution in [-0.2, 0) is 0 Å². The van der Waals surface area contributed by atoms with Crippen molar-refractivity contribution in [1.82, 2.24) is 5.32 Å². The molecule has 0 radical (unpaired) electrons. The number of ether oxygens (including phenoxy) is 1. The van der Waals surface area contributed by atoms with E-state index in [4.69, 9.17) is 4.74 Å². The van der Waals surface area contributed by atoms with E-state index in [1.807, 2.05) is 0 Å². The van der Waals surface area contributed by atoms with E-state index in [-0.39, 0.29) is 6.10 Å². The van der Waals surface area contributed by atoms with E-state index in [1.54, 1.807) is 0 Å². The molecule has 16 heavy (non-hydrogen) atoms. The summed E-state index contributed by atoms with van der Waals surface area (Å²) in [6.45, 7) is 1.17. The van der Waals surface area contributed by atoms with Gasteiger partial charge in [-0.1, -0.05) is 0 Å². The topological polar surface area (TPSA) is 21.3 Å². The molecule has 0 amide bonds. The average molecular weight is 235 g/mol. The number of nitrogens with one attached hydrogen (secondary N) is 1. The van der Waals surface area contributed by atoms with Crippen LogP contribution in [0.5, 0.6) is 5.75 Å². The van der Waals surface area contributed by atoms with Gasteiger partial charge in [-0.2, -0.15) is 4.39 Å². The molecule has 0 saturated carbocycles. The van der Waals surface area contributed by atoms with Gasteiger partial charge in [0.25, 0.3) is 0 Å². The quantitative estimate of drug-likeness (QED) is 0.481. The second-order valence-electron chi connectivity index (χ2n) is 3.53. The van der Waals surface area contributed by atoms with Gasteiger partial charge in [0.05, 0.1) is 0 Å². The molecule has 1 aliphatic heterocycles. The Morgan fingerprint density at radius 2 is 1.88 bits per heavy atom. The van der Waals surface area contributed by atoms with Crippen molar-refractivity contribution >= 4 is 0 Å². The van der Waals surface area contributed by atoms with Crippen LogP contribution in [0.25, 0.3) is 0 Å². The molecule has 1 atom stereocenters. The summed E-state index contributed by atoms with van der Waals surface area (Å²) in [5.74, 6) is -7.22. The van der Waals surface area contributed by atoms with Gasteiger partial charge in [-0.25, -0.2) is 13.2 Å². The molecule has 6 heteroatoms. The molecule has 0 spiro atoms. The Kier molecular flexibility index (Phi) is 3.00. The van der Waals surface area contributed by atoms with Crippen LogP contribution in [0.4, 0.5) is 17.6 Å². The van der Waals surface area contributed by atoms with E-state index in [2.05, 4.69) is 5.32 Å². The number of halogens is 4. The third kappa shape index (κ3) is 1.97. The minimum atomic E-state index is -1.85. The Morgan fingerprint density at radius 1 is 1.12 bits per heavy atom. The minimum Gasteiger partial charge on any atom is -0.486 e. The number of hydrogen-bond donors (Lipinski definition) is 1. The van der Waals surface area contributed by atoms with Crippen molar-refractivity contribution in [3.05, 3.63) is 29.3 Å². The summed E-state index contributed by atoms with van der Waals surface area (Å²) in [5.41, 5.74) is 0. The largest absolute Gasteiger partial charge is 0.486 e. The highest BCUT2D eigenvalue weighted by Gasteiger charge is 2.23. The van der Waals surface area contributed by atoms with Gasteiger partial charge < -0.3 is 10.1 Å². The summed E-state index contributed by atoms with van der Waals surface area (Å²) >= 11 is 0. The van der Waals surface area contributed by atoms with Crippen LogP contribution in [0.15, 0.2) is 6.07 Å². The summed E-state index contributed by atoms with van der Waals surface area (Å²) in [4.78, 5) is 0. The van der Waals surface area contributed by atoms with Crippen molar-refractivity contribution in [3.8, 4) is 5.75 Å². The molecule has 1 N–H and O–H groups in total. The number of hydrogen-bond acceptors (Lipinski definition) is 2. The summed E-state index contributed by atoms with van der Waals surface area (Å²) in [7, 11) is 0. The lowest BCUT2D eigenvalue weighted by Gasteiger charge is -2.13. The van der Waals surface area contributed by atoms with E-state index < -0.39 is 29.0 Å². The van der Waals surface area contributed by atoms with Gasteiger partial charge in [0, 0.05) is 12.6 Å². The summed E-state index contributed by atoms with van der Waals surface area (Å²) in [6.07, 6.45) is 0.263. The monoisotopic (exact) mass is 235 g/mol. The Hall–Kier alpha value is -1.30. The van der Waals surface area contributed by atoms with Crippen LogP contribution in [0, 0.1) is 23.3 Å². The first-order valence-corrected chi connectivity index (χ1v) is 4.80. The van der Waals surface area contributed by atoms with Crippen molar-refractivity contribution < 1.29 is 22.3 Å². The van der Waals surface area contributed by atoms with E-state index in [1.165, 1.54) is 0 Å².